The van der Waals surface area contributed by atoms with E-state index in [-0.39, 0.29) is 16.5 Å². The monoisotopic (exact) mass is 235 g/mol. The lowest BCUT2D eigenvalue weighted by Crippen LogP contribution is -2.06. The standard InChI is InChI=1S/C13H17NO3/c1-10(2)13(14(15)16)8-11-6-4-5-7-12(11)9-17-3/h4-8,10H,9H2,1-3H3/b13-8-. The molecular formula is C13H17NO3. The van der Waals surface area contributed by atoms with Crippen molar-refractivity contribution in [3.05, 3.63) is 51.2 Å². The van der Waals surface area contributed by atoms with E-state index in [1.165, 1.54) is 0 Å². The van der Waals surface area contributed by atoms with E-state index in [9.17, 15) is 10.1 Å². The lowest BCUT2D eigenvalue weighted by Gasteiger charge is -2.06. The zero-order chi connectivity index (χ0) is 12.8. The number of nitro groups is 1. The van der Waals surface area contributed by atoms with Gasteiger partial charge < -0.3 is 4.74 Å². The SMILES string of the molecule is COCc1ccccc1/C=C(/C(C)C)[N+](=O)[O-]. The summed E-state index contributed by atoms with van der Waals surface area (Å²) in [6.45, 7) is 4.08. The first-order chi connectivity index (χ1) is 8.06. The molecule has 0 spiro atoms. The highest BCUT2D eigenvalue weighted by Gasteiger charge is 2.16. The third kappa shape index (κ3) is 3.67. The predicted molar refractivity (Wildman–Crippen MR) is 67.0 cm³/mol. The second-order valence-electron chi connectivity index (χ2n) is 4.11. The maximum absolute atomic E-state index is 10.9. The van der Waals surface area contributed by atoms with E-state index in [0.717, 1.165) is 11.1 Å². The average molecular weight is 235 g/mol. The van der Waals surface area contributed by atoms with Gasteiger partial charge in [0.2, 0.25) is 5.70 Å². The largest absolute Gasteiger partial charge is 0.380 e. The average Bonchev–Trinajstić information content (AvgIpc) is 2.27. The van der Waals surface area contributed by atoms with Gasteiger partial charge in [-0.1, -0.05) is 38.1 Å². The van der Waals surface area contributed by atoms with Crippen molar-refractivity contribution in [1.29, 1.82) is 0 Å². The molecule has 0 aromatic heterocycles. The molecule has 0 aliphatic heterocycles. The third-order valence-corrected chi connectivity index (χ3v) is 2.46. The Morgan fingerprint density at radius 2 is 2.12 bits per heavy atom. The van der Waals surface area contributed by atoms with Gasteiger partial charge >= 0.3 is 0 Å². The van der Waals surface area contributed by atoms with Gasteiger partial charge in [0, 0.05) is 19.1 Å². The van der Waals surface area contributed by atoms with Crippen molar-refractivity contribution >= 4 is 6.08 Å². The molecule has 0 bridgehead atoms. The van der Waals surface area contributed by atoms with Crippen molar-refractivity contribution in [2.24, 2.45) is 5.92 Å². The number of benzene rings is 1. The van der Waals surface area contributed by atoms with Gasteiger partial charge in [0.1, 0.15) is 0 Å². The van der Waals surface area contributed by atoms with Gasteiger partial charge in [0.15, 0.2) is 0 Å². The van der Waals surface area contributed by atoms with E-state index >= 15 is 0 Å². The van der Waals surface area contributed by atoms with Gasteiger partial charge in [-0.3, -0.25) is 10.1 Å². The maximum atomic E-state index is 10.9. The Hall–Kier alpha value is -1.68. The van der Waals surface area contributed by atoms with Crippen LogP contribution in [-0.4, -0.2) is 12.0 Å². The molecule has 0 saturated heterocycles. The number of methoxy groups -OCH3 is 1. The fourth-order valence-electron chi connectivity index (χ4n) is 1.55. The molecular weight excluding hydrogens is 218 g/mol. The van der Waals surface area contributed by atoms with E-state index in [1.54, 1.807) is 13.2 Å². The van der Waals surface area contributed by atoms with Crippen LogP contribution < -0.4 is 0 Å². The van der Waals surface area contributed by atoms with Crippen molar-refractivity contribution < 1.29 is 9.66 Å². The highest BCUT2D eigenvalue weighted by atomic mass is 16.6. The summed E-state index contributed by atoms with van der Waals surface area (Å²) in [7, 11) is 1.61. The van der Waals surface area contributed by atoms with Crippen molar-refractivity contribution in [3.8, 4) is 0 Å². The molecule has 0 aliphatic rings. The molecule has 0 N–H and O–H groups in total. The normalized spacial score (nSPS) is 11.9. The molecule has 92 valence electrons. The lowest BCUT2D eigenvalue weighted by atomic mass is 10.0. The molecule has 0 aliphatic carbocycles. The van der Waals surface area contributed by atoms with Crippen LogP contribution in [0.15, 0.2) is 30.0 Å². The third-order valence-electron chi connectivity index (χ3n) is 2.46. The number of hydrogen-bond donors (Lipinski definition) is 0. The Morgan fingerprint density at radius 3 is 2.65 bits per heavy atom. The molecule has 0 saturated carbocycles. The summed E-state index contributed by atoms with van der Waals surface area (Å²) >= 11 is 0. The topological polar surface area (TPSA) is 52.4 Å². The smallest absolute Gasteiger partial charge is 0.249 e. The second-order valence-corrected chi connectivity index (χ2v) is 4.11. The van der Waals surface area contributed by atoms with E-state index in [4.69, 9.17) is 4.74 Å². The van der Waals surface area contributed by atoms with Crippen molar-refractivity contribution in [2.45, 2.75) is 20.5 Å². The number of rotatable bonds is 5. The first kappa shape index (κ1) is 13.4. The molecule has 0 heterocycles. The molecule has 17 heavy (non-hydrogen) atoms. The first-order valence-corrected chi connectivity index (χ1v) is 5.49. The minimum Gasteiger partial charge on any atom is -0.380 e. The summed E-state index contributed by atoms with van der Waals surface area (Å²) in [6, 6.07) is 7.53. The summed E-state index contributed by atoms with van der Waals surface area (Å²) in [6.07, 6.45) is 1.62. The fraction of sp³-hybridized carbons (Fsp3) is 0.385. The molecule has 0 atom stereocenters. The molecule has 0 amide bonds. The summed E-state index contributed by atoms with van der Waals surface area (Å²) in [4.78, 5) is 10.6. The molecule has 1 aromatic carbocycles. The Balaban J connectivity index is 3.14. The van der Waals surface area contributed by atoms with Gasteiger partial charge in [0.25, 0.3) is 0 Å². The van der Waals surface area contributed by atoms with Crippen LogP contribution in [0.1, 0.15) is 25.0 Å². The van der Waals surface area contributed by atoms with Crippen LogP contribution in [0.4, 0.5) is 0 Å². The van der Waals surface area contributed by atoms with Crippen LogP contribution in [0.3, 0.4) is 0 Å². The van der Waals surface area contributed by atoms with Crippen LogP contribution in [0.2, 0.25) is 0 Å². The maximum Gasteiger partial charge on any atom is 0.249 e. The molecule has 4 heteroatoms. The molecule has 1 rings (SSSR count). The molecule has 0 fully saturated rings. The lowest BCUT2D eigenvalue weighted by molar-refractivity contribution is -0.431. The Morgan fingerprint density at radius 1 is 1.47 bits per heavy atom. The molecule has 4 nitrogen and oxygen atoms in total. The van der Waals surface area contributed by atoms with Crippen LogP contribution in [0.5, 0.6) is 0 Å². The van der Waals surface area contributed by atoms with Crippen LogP contribution in [0, 0.1) is 16.0 Å². The zero-order valence-corrected chi connectivity index (χ0v) is 10.3. The van der Waals surface area contributed by atoms with Gasteiger partial charge in [-0.2, -0.15) is 0 Å². The van der Waals surface area contributed by atoms with E-state index in [2.05, 4.69) is 0 Å². The number of hydrogen-bond acceptors (Lipinski definition) is 3. The van der Waals surface area contributed by atoms with Crippen molar-refractivity contribution in [1.82, 2.24) is 0 Å². The Bertz CT molecular complexity index is 424. The molecule has 0 unspecified atom stereocenters. The Labute approximate surface area is 101 Å². The van der Waals surface area contributed by atoms with Gasteiger partial charge in [-0.05, 0) is 11.1 Å². The summed E-state index contributed by atoms with van der Waals surface area (Å²) < 4.78 is 5.07. The molecule has 0 radical (unpaired) electrons. The Kier molecular flexibility index (Phi) is 4.84. The van der Waals surface area contributed by atoms with Crippen molar-refractivity contribution in [2.75, 3.05) is 7.11 Å². The van der Waals surface area contributed by atoms with Gasteiger partial charge in [0.05, 0.1) is 11.5 Å². The van der Waals surface area contributed by atoms with Gasteiger partial charge in [-0.25, -0.2) is 0 Å². The number of allylic oxidation sites excluding steroid dienone is 1. The van der Waals surface area contributed by atoms with Crippen LogP contribution in [-0.2, 0) is 11.3 Å². The minimum absolute atomic E-state index is 0.111. The summed E-state index contributed by atoms with van der Waals surface area (Å²) in [5.41, 5.74) is 2.01. The highest BCUT2D eigenvalue weighted by Crippen LogP contribution is 2.18. The van der Waals surface area contributed by atoms with Crippen LogP contribution in [0.25, 0.3) is 6.08 Å². The number of nitrogens with zero attached hydrogens (tertiary/aromatic N) is 1. The van der Waals surface area contributed by atoms with E-state index in [1.807, 2.05) is 38.1 Å². The summed E-state index contributed by atoms with van der Waals surface area (Å²) in [5, 5.41) is 10.9. The van der Waals surface area contributed by atoms with Gasteiger partial charge in [-0.15, -0.1) is 0 Å². The highest BCUT2D eigenvalue weighted by molar-refractivity contribution is 5.55. The number of ether oxygens (including phenoxy) is 1. The first-order valence-electron chi connectivity index (χ1n) is 5.49. The summed E-state index contributed by atoms with van der Waals surface area (Å²) in [5.74, 6) is -0.111. The minimum atomic E-state index is -0.325. The zero-order valence-electron chi connectivity index (χ0n) is 10.3. The predicted octanol–water partition coefficient (Wildman–Crippen LogP) is 3.11. The fourth-order valence-corrected chi connectivity index (χ4v) is 1.55. The van der Waals surface area contributed by atoms with E-state index < -0.39 is 0 Å². The quantitative estimate of drug-likeness (QED) is 0.582. The van der Waals surface area contributed by atoms with Crippen molar-refractivity contribution in [3.63, 3.8) is 0 Å². The van der Waals surface area contributed by atoms with Crippen LogP contribution >= 0.6 is 0 Å². The second kappa shape index (κ2) is 6.15. The molecule has 1 aromatic rings. The van der Waals surface area contributed by atoms with E-state index in [0.29, 0.717) is 6.61 Å².